The van der Waals surface area contributed by atoms with Crippen molar-refractivity contribution in [3.63, 3.8) is 0 Å². The van der Waals surface area contributed by atoms with Crippen LogP contribution in [0.25, 0.3) is 0 Å². The van der Waals surface area contributed by atoms with E-state index in [2.05, 4.69) is 5.32 Å². The van der Waals surface area contributed by atoms with Crippen molar-refractivity contribution in [1.82, 2.24) is 0 Å². The molecule has 1 rings (SSSR count). The Kier molecular flexibility index (Phi) is 5.59. The summed E-state index contributed by atoms with van der Waals surface area (Å²) in [5.74, 6) is 0.566. The highest BCUT2D eigenvalue weighted by atomic mass is 32.2. The lowest BCUT2D eigenvalue weighted by atomic mass is 10.2. The van der Waals surface area contributed by atoms with Gasteiger partial charge < -0.3 is 14.8 Å². The predicted molar refractivity (Wildman–Crippen MR) is 73.9 cm³/mol. The van der Waals surface area contributed by atoms with Gasteiger partial charge in [0.05, 0.1) is 17.7 Å². The van der Waals surface area contributed by atoms with E-state index in [-0.39, 0.29) is 10.9 Å². The highest BCUT2D eigenvalue weighted by Gasteiger charge is 2.13. The molecule has 0 amide bonds. The quantitative estimate of drug-likeness (QED) is 0.786. The summed E-state index contributed by atoms with van der Waals surface area (Å²) in [6, 6.07) is 4.58. The number of benzene rings is 1. The van der Waals surface area contributed by atoms with Crippen molar-refractivity contribution in [1.29, 1.82) is 0 Å². The fourth-order valence-corrected chi connectivity index (χ4v) is 2.15. The van der Waals surface area contributed by atoms with Gasteiger partial charge in [0, 0.05) is 19.8 Å². The molecular weight excluding hydrogens is 268 g/mol. The van der Waals surface area contributed by atoms with E-state index in [4.69, 9.17) is 14.6 Å². The zero-order valence-corrected chi connectivity index (χ0v) is 12.2. The molecule has 0 aliphatic rings. The van der Waals surface area contributed by atoms with Crippen molar-refractivity contribution in [2.24, 2.45) is 5.14 Å². The number of hydrogen-bond donors (Lipinski definition) is 2. The van der Waals surface area contributed by atoms with E-state index in [9.17, 15) is 8.42 Å². The Morgan fingerprint density at radius 2 is 2.05 bits per heavy atom. The number of sulfonamides is 1. The topological polar surface area (TPSA) is 90.6 Å². The van der Waals surface area contributed by atoms with E-state index in [1.807, 2.05) is 6.92 Å². The van der Waals surface area contributed by atoms with Crippen molar-refractivity contribution in [2.75, 3.05) is 26.1 Å². The summed E-state index contributed by atoms with van der Waals surface area (Å²) in [7, 11) is -0.565. The molecule has 0 radical (unpaired) electrons. The van der Waals surface area contributed by atoms with E-state index in [1.54, 1.807) is 13.2 Å². The summed E-state index contributed by atoms with van der Waals surface area (Å²) in [5.41, 5.74) is 0.595. The molecule has 108 valence electrons. The van der Waals surface area contributed by atoms with Gasteiger partial charge in [-0.15, -0.1) is 0 Å². The van der Waals surface area contributed by atoms with Crippen LogP contribution in [-0.2, 0) is 14.8 Å². The van der Waals surface area contributed by atoms with Gasteiger partial charge in [-0.2, -0.15) is 0 Å². The summed E-state index contributed by atoms with van der Waals surface area (Å²) < 4.78 is 32.9. The maximum atomic E-state index is 11.3. The molecule has 0 aromatic heterocycles. The van der Waals surface area contributed by atoms with Crippen LogP contribution in [0.5, 0.6) is 5.75 Å². The van der Waals surface area contributed by atoms with Gasteiger partial charge in [0.2, 0.25) is 10.0 Å². The largest absolute Gasteiger partial charge is 0.495 e. The Morgan fingerprint density at radius 3 is 2.58 bits per heavy atom. The average Bonchev–Trinajstić information content (AvgIpc) is 2.35. The molecule has 0 aliphatic heterocycles. The average molecular weight is 288 g/mol. The van der Waals surface area contributed by atoms with E-state index in [0.29, 0.717) is 18.0 Å². The number of methoxy groups -OCH3 is 2. The van der Waals surface area contributed by atoms with Gasteiger partial charge in [0.1, 0.15) is 5.75 Å². The maximum Gasteiger partial charge on any atom is 0.238 e. The van der Waals surface area contributed by atoms with Gasteiger partial charge in [-0.05, 0) is 31.5 Å². The normalized spacial score (nSPS) is 13.1. The van der Waals surface area contributed by atoms with E-state index in [0.717, 1.165) is 6.42 Å². The first-order chi connectivity index (χ1) is 8.88. The lowest BCUT2D eigenvalue weighted by molar-refractivity contribution is 0.191. The highest BCUT2D eigenvalue weighted by molar-refractivity contribution is 7.89. The molecule has 3 N–H and O–H groups in total. The van der Waals surface area contributed by atoms with E-state index in [1.165, 1.54) is 19.2 Å². The third-order valence-corrected chi connectivity index (χ3v) is 3.57. The van der Waals surface area contributed by atoms with Crippen molar-refractivity contribution >= 4 is 15.7 Å². The number of hydrogen-bond acceptors (Lipinski definition) is 5. The number of rotatable bonds is 7. The number of ether oxygens (including phenoxy) is 2. The third kappa shape index (κ3) is 4.70. The van der Waals surface area contributed by atoms with Gasteiger partial charge in [-0.3, -0.25) is 0 Å². The minimum Gasteiger partial charge on any atom is -0.495 e. The second-order valence-corrected chi connectivity index (χ2v) is 5.80. The Morgan fingerprint density at radius 1 is 1.37 bits per heavy atom. The van der Waals surface area contributed by atoms with Crippen LogP contribution in [0, 0.1) is 0 Å². The van der Waals surface area contributed by atoms with Gasteiger partial charge in [0.15, 0.2) is 0 Å². The molecule has 1 aromatic carbocycles. The van der Waals surface area contributed by atoms with E-state index < -0.39 is 10.0 Å². The van der Waals surface area contributed by atoms with Crippen LogP contribution in [0.15, 0.2) is 23.1 Å². The zero-order valence-electron chi connectivity index (χ0n) is 11.3. The van der Waals surface area contributed by atoms with Crippen LogP contribution < -0.4 is 15.2 Å². The van der Waals surface area contributed by atoms with Crippen LogP contribution >= 0.6 is 0 Å². The molecule has 1 aromatic rings. The summed E-state index contributed by atoms with van der Waals surface area (Å²) in [6.07, 6.45) is 0.791. The molecule has 7 heteroatoms. The smallest absolute Gasteiger partial charge is 0.238 e. The number of anilines is 1. The molecule has 0 aliphatic carbocycles. The number of primary sulfonamides is 1. The molecule has 6 nitrogen and oxygen atoms in total. The molecule has 1 unspecified atom stereocenters. The first-order valence-electron chi connectivity index (χ1n) is 5.84. The summed E-state index contributed by atoms with van der Waals surface area (Å²) in [5, 5.41) is 8.30. The van der Waals surface area contributed by atoms with Gasteiger partial charge in [-0.25, -0.2) is 13.6 Å². The predicted octanol–water partition coefficient (Wildman–Crippen LogP) is 1.18. The summed E-state index contributed by atoms with van der Waals surface area (Å²) >= 11 is 0. The first-order valence-corrected chi connectivity index (χ1v) is 7.39. The van der Waals surface area contributed by atoms with Crippen LogP contribution in [0.2, 0.25) is 0 Å². The lowest BCUT2D eigenvalue weighted by Crippen LogP contribution is -2.18. The van der Waals surface area contributed by atoms with Crippen molar-refractivity contribution < 1.29 is 17.9 Å². The second kappa shape index (κ2) is 6.74. The molecule has 0 bridgehead atoms. The van der Waals surface area contributed by atoms with Crippen molar-refractivity contribution in [3.05, 3.63) is 18.2 Å². The number of nitrogens with two attached hydrogens (primary N) is 1. The molecule has 0 saturated carbocycles. The Labute approximate surface area is 113 Å². The van der Waals surface area contributed by atoms with E-state index >= 15 is 0 Å². The monoisotopic (exact) mass is 288 g/mol. The third-order valence-electron chi connectivity index (χ3n) is 2.66. The summed E-state index contributed by atoms with van der Waals surface area (Å²) in [4.78, 5) is 0.0507. The number of nitrogens with one attached hydrogen (secondary N) is 1. The van der Waals surface area contributed by atoms with Gasteiger partial charge in [-0.1, -0.05) is 0 Å². The molecule has 0 saturated heterocycles. The fourth-order valence-electron chi connectivity index (χ4n) is 1.61. The SMILES string of the molecule is COCCC(C)Nc1cc(S(N)(=O)=O)ccc1OC. The summed E-state index contributed by atoms with van der Waals surface area (Å²) in [6.45, 7) is 2.59. The van der Waals surface area contributed by atoms with Crippen LogP contribution in [-0.4, -0.2) is 35.3 Å². The molecule has 0 spiro atoms. The van der Waals surface area contributed by atoms with Crippen molar-refractivity contribution in [2.45, 2.75) is 24.3 Å². The Balaban J connectivity index is 2.96. The van der Waals surface area contributed by atoms with Crippen LogP contribution in [0.1, 0.15) is 13.3 Å². The van der Waals surface area contributed by atoms with Gasteiger partial charge in [0.25, 0.3) is 0 Å². The molecule has 0 fully saturated rings. The molecular formula is C12H20N2O4S. The first kappa shape index (κ1) is 15.7. The molecule has 1 atom stereocenters. The lowest BCUT2D eigenvalue weighted by Gasteiger charge is -2.17. The van der Waals surface area contributed by atoms with Crippen molar-refractivity contribution in [3.8, 4) is 5.75 Å². The Hall–Kier alpha value is -1.31. The van der Waals surface area contributed by atoms with Gasteiger partial charge >= 0.3 is 0 Å². The molecule has 0 heterocycles. The minimum atomic E-state index is -3.72. The highest BCUT2D eigenvalue weighted by Crippen LogP contribution is 2.27. The van der Waals surface area contributed by atoms with Crippen LogP contribution in [0.4, 0.5) is 5.69 Å². The minimum absolute atomic E-state index is 0.0507. The van der Waals surface area contributed by atoms with Crippen LogP contribution in [0.3, 0.4) is 0 Å². The second-order valence-electron chi connectivity index (χ2n) is 4.23. The standard InChI is InChI=1S/C12H20N2O4S/c1-9(6-7-17-2)14-11-8-10(19(13,15)16)4-5-12(11)18-3/h4-5,8-9,14H,6-7H2,1-3H3,(H2,13,15,16). The Bertz CT molecular complexity index is 516. The fraction of sp³-hybridized carbons (Fsp3) is 0.500. The zero-order chi connectivity index (χ0) is 14.5. The molecule has 19 heavy (non-hydrogen) atoms. The maximum absolute atomic E-state index is 11.3.